The van der Waals surface area contributed by atoms with Crippen molar-refractivity contribution in [1.29, 1.82) is 0 Å². The van der Waals surface area contributed by atoms with Crippen molar-refractivity contribution in [3.63, 3.8) is 0 Å². The van der Waals surface area contributed by atoms with Crippen molar-refractivity contribution >= 4 is 16.9 Å². The number of phenols is 2. The Balaban J connectivity index is 1.20. The van der Waals surface area contributed by atoms with Crippen LogP contribution in [0.15, 0.2) is 15.3 Å². The van der Waals surface area contributed by atoms with Gasteiger partial charge < -0.3 is 58.5 Å². The van der Waals surface area contributed by atoms with Gasteiger partial charge in [-0.05, 0) is 31.4 Å². The first-order valence-electron chi connectivity index (χ1n) is 16.3. The number of ether oxygens (including phenoxy) is 5. The largest absolute Gasteiger partial charge is 0.506 e. The Morgan fingerprint density at radius 1 is 1.02 bits per heavy atom. The molecule has 8 atom stereocenters. The van der Waals surface area contributed by atoms with E-state index in [1.807, 2.05) is 13.0 Å². The Kier molecular flexibility index (Phi) is 6.55. The van der Waals surface area contributed by atoms with E-state index in [2.05, 4.69) is 0 Å². The topological polar surface area (TPSA) is 198 Å². The number of carbonyl (C=O) groups excluding carboxylic acids is 1. The maximum atomic E-state index is 14.2. The summed E-state index contributed by atoms with van der Waals surface area (Å²) in [5, 5.41) is 56.1. The van der Waals surface area contributed by atoms with Gasteiger partial charge in [0, 0.05) is 48.9 Å². The van der Waals surface area contributed by atoms with Crippen molar-refractivity contribution in [3.8, 4) is 28.4 Å². The third-order valence-corrected chi connectivity index (χ3v) is 10.9. The third-order valence-electron chi connectivity index (χ3n) is 10.9. The Bertz CT molecular complexity index is 1970. The SMILES string of the molecule is C[C@@H]1O[C@@H](O[C@H]2C[C@H](O)c3c(oc4c5c6c(c(O)c4c3=O)-c3c(cc4c(c3O)C(=O)N3CCO[C@]3(C)C4)C[C@@H]6OCO5)[C@H]2O)CC[C@@H]1O. The van der Waals surface area contributed by atoms with Crippen LogP contribution in [0.4, 0.5) is 0 Å². The average molecular weight is 666 g/mol. The van der Waals surface area contributed by atoms with Crippen molar-refractivity contribution in [2.45, 2.75) is 94.6 Å². The number of phenolic OH excluding ortho intramolecular Hbond substituents is 2. The molecule has 5 heterocycles. The van der Waals surface area contributed by atoms with Gasteiger partial charge >= 0.3 is 0 Å². The van der Waals surface area contributed by atoms with Gasteiger partial charge in [-0.3, -0.25) is 9.59 Å². The number of nitrogens with zero attached hydrogens (tertiary/aromatic N) is 1. The van der Waals surface area contributed by atoms with Crippen molar-refractivity contribution in [3.05, 3.63) is 49.9 Å². The number of aliphatic hydroxyl groups is 3. The van der Waals surface area contributed by atoms with Crippen LogP contribution in [0.2, 0.25) is 0 Å². The fourth-order valence-corrected chi connectivity index (χ4v) is 8.51. The summed E-state index contributed by atoms with van der Waals surface area (Å²) in [6, 6.07) is 1.82. The van der Waals surface area contributed by atoms with Crippen molar-refractivity contribution < 1.29 is 58.4 Å². The van der Waals surface area contributed by atoms with E-state index in [9.17, 15) is 35.1 Å². The van der Waals surface area contributed by atoms with Crippen LogP contribution in [0.5, 0.6) is 17.2 Å². The maximum absolute atomic E-state index is 14.2. The zero-order chi connectivity index (χ0) is 33.4. The highest BCUT2D eigenvalue weighted by Crippen LogP contribution is 2.58. The molecule has 0 unspecified atom stereocenters. The van der Waals surface area contributed by atoms with Crippen LogP contribution in [-0.2, 0) is 31.8 Å². The number of carbonyl (C=O) groups is 1. The molecule has 1 amide bonds. The van der Waals surface area contributed by atoms with E-state index in [1.165, 1.54) is 0 Å². The average Bonchev–Trinajstić information content (AvgIpc) is 3.44. The van der Waals surface area contributed by atoms with E-state index >= 15 is 0 Å². The molecule has 254 valence electrons. The molecular formula is C34H35NO13. The van der Waals surface area contributed by atoms with Gasteiger partial charge in [0.1, 0.15) is 34.5 Å². The number of aromatic hydroxyl groups is 2. The first-order chi connectivity index (χ1) is 23.0. The summed E-state index contributed by atoms with van der Waals surface area (Å²) < 4.78 is 35.7. The van der Waals surface area contributed by atoms with E-state index in [4.69, 9.17) is 28.1 Å². The molecule has 2 aliphatic carbocycles. The highest BCUT2D eigenvalue weighted by atomic mass is 16.7. The number of hydrogen-bond donors (Lipinski definition) is 5. The number of aliphatic hydroxyl groups excluding tert-OH is 3. The van der Waals surface area contributed by atoms with E-state index in [-0.39, 0.29) is 70.1 Å². The summed E-state index contributed by atoms with van der Waals surface area (Å²) in [4.78, 5) is 29.5. The van der Waals surface area contributed by atoms with Crippen LogP contribution in [-0.4, -0.2) is 86.6 Å². The summed E-state index contributed by atoms with van der Waals surface area (Å²) in [6.45, 7) is 4.09. The summed E-state index contributed by atoms with van der Waals surface area (Å²) in [6.07, 6.45) is -5.18. The first-order valence-corrected chi connectivity index (χ1v) is 16.3. The van der Waals surface area contributed by atoms with E-state index in [1.54, 1.807) is 11.8 Å². The molecule has 0 bridgehead atoms. The lowest BCUT2D eigenvalue weighted by Crippen LogP contribution is -2.51. The molecule has 14 nitrogen and oxygen atoms in total. The Hall–Kier alpha value is -3.76. The fourth-order valence-electron chi connectivity index (χ4n) is 8.51. The minimum absolute atomic E-state index is 0.0765. The molecule has 2 aromatic carbocycles. The normalized spacial score (nSPS) is 33.4. The molecule has 48 heavy (non-hydrogen) atoms. The molecule has 5 N–H and O–H groups in total. The number of benzene rings is 2. The molecular weight excluding hydrogens is 630 g/mol. The Labute approximate surface area is 272 Å². The van der Waals surface area contributed by atoms with Gasteiger partial charge in [-0.25, -0.2) is 0 Å². The van der Waals surface area contributed by atoms with Crippen LogP contribution in [0.3, 0.4) is 0 Å². The summed E-state index contributed by atoms with van der Waals surface area (Å²) >= 11 is 0. The molecule has 2 fully saturated rings. The third kappa shape index (κ3) is 4.05. The Morgan fingerprint density at radius 3 is 2.62 bits per heavy atom. The molecule has 3 aromatic rings. The zero-order valence-corrected chi connectivity index (χ0v) is 26.2. The molecule has 4 aliphatic heterocycles. The summed E-state index contributed by atoms with van der Waals surface area (Å²) in [5.41, 5.74) is -0.0844. The van der Waals surface area contributed by atoms with Crippen LogP contribution >= 0.6 is 0 Å². The molecule has 0 spiro atoms. The van der Waals surface area contributed by atoms with Crippen LogP contribution in [0.25, 0.3) is 22.1 Å². The van der Waals surface area contributed by atoms with Gasteiger partial charge in [0.25, 0.3) is 5.91 Å². The first kappa shape index (κ1) is 30.3. The molecule has 0 saturated carbocycles. The zero-order valence-electron chi connectivity index (χ0n) is 26.2. The van der Waals surface area contributed by atoms with E-state index < -0.39 is 65.7 Å². The molecule has 14 heteroatoms. The maximum Gasteiger partial charge on any atom is 0.260 e. The Morgan fingerprint density at radius 2 is 1.83 bits per heavy atom. The summed E-state index contributed by atoms with van der Waals surface area (Å²) in [7, 11) is 0. The van der Waals surface area contributed by atoms with Gasteiger partial charge in [-0.1, -0.05) is 6.07 Å². The quantitative estimate of drug-likeness (QED) is 0.268. The van der Waals surface area contributed by atoms with Crippen molar-refractivity contribution in [1.82, 2.24) is 4.90 Å². The smallest absolute Gasteiger partial charge is 0.260 e. The van der Waals surface area contributed by atoms with Gasteiger partial charge in [0.2, 0.25) is 5.43 Å². The molecule has 6 aliphatic rings. The van der Waals surface area contributed by atoms with Crippen LogP contribution in [0.1, 0.15) is 89.8 Å². The lowest BCUT2D eigenvalue weighted by molar-refractivity contribution is -0.253. The number of fused-ring (bicyclic) bond motifs is 7. The van der Waals surface area contributed by atoms with E-state index in [0.29, 0.717) is 49.1 Å². The van der Waals surface area contributed by atoms with Gasteiger partial charge in [-0.15, -0.1) is 0 Å². The fraction of sp³-hybridized carbons (Fsp3) is 0.529. The van der Waals surface area contributed by atoms with Gasteiger partial charge in [0.15, 0.2) is 24.4 Å². The number of amides is 1. The molecule has 1 aromatic heterocycles. The van der Waals surface area contributed by atoms with E-state index in [0.717, 1.165) is 0 Å². The lowest BCUT2D eigenvalue weighted by atomic mass is 9.77. The second-order valence-electron chi connectivity index (χ2n) is 13.7. The predicted molar refractivity (Wildman–Crippen MR) is 162 cm³/mol. The predicted octanol–water partition coefficient (Wildman–Crippen LogP) is 2.32. The lowest BCUT2D eigenvalue weighted by Gasteiger charge is -2.40. The highest BCUT2D eigenvalue weighted by molar-refractivity contribution is 6.06. The van der Waals surface area contributed by atoms with Crippen molar-refractivity contribution in [2.75, 3.05) is 19.9 Å². The standard InChI is InChI=1S/C34H35NO13/c1-12-15(36)3-4-19(46-12)47-18-9-16(37)22-28(40)25-29(41)24-20-13(7-14-10-34(2)35(5-6-45-34)33(42)21(14)27(20)39)8-17-23(24)31(44-11-43-17)32(25)48-30(22)26(18)38/h7,12,15-19,26,36-39,41H,3-6,8-11H2,1-2H3/t12-,15-,16-,17-,18-,19-,26-,34+/m0/s1. The van der Waals surface area contributed by atoms with Gasteiger partial charge in [0.05, 0.1) is 48.3 Å². The minimum Gasteiger partial charge on any atom is -0.506 e. The molecule has 2 saturated heterocycles. The molecule has 9 rings (SSSR count). The van der Waals surface area contributed by atoms with Crippen LogP contribution in [0, 0.1) is 0 Å². The van der Waals surface area contributed by atoms with Gasteiger partial charge in [-0.2, -0.15) is 0 Å². The summed E-state index contributed by atoms with van der Waals surface area (Å²) in [5.74, 6) is -1.39. The second-order valence-corrected chi connectivity index (χ2v) is 13.7. The van der Waals surface area contributed by atoms with Crippen LogP contribution < -0.4 is 10.2 Å². The monoisotopic (exact) mass is 665 g/mol. The number of hydrogen-bond acceptors (Lipinski definition) is 13. The molecule has 0 radical (unpaired) electrons. The minimum atomic E-state index is -1.48. The number of rotatable bonds is 2. The van der Waals surface area contributed by atoms with Crippen molar-refractivity contribution in [2.24, 2.45) is 0 Å². The second kappa shape index (κ2) is 10.4. The highest BCUT2D eigenvalue weighted by Gasteiger charge is 2.49.